The van der Waals surface area contributed by atoms with Gasteiger partial charge in [0.25, 0.3) is 5.91 Å². The van der Waals surface area contributed by atoms with Gasteiger partial charge < -0.3 is 9.47 Å². The SMILES string of the molecule is CC(=O)c1ccc(-n2ccc3cc(C(=O)N4CCCCC4)cnc32)cc1. The molecule has 1 saturated heterocycles. The molecule has 0 saturated carbocycles. The van der Waals surface area contributed by atoms with Crippen LogP contribution in [0.25, 0.3) is 16.7 Å². The second-order valence-corrected chi connectivity index (χ2v) is 6.78. The Morgan fingerprint density at radius 2 is 1.69 bits per heavy atom. The number of carbonyl (C=O) groups is 2. The van der Waals surface area contributed by atoms with Crippen molar-refractivity contribution in [3.05, 3.63) is 59.9 Å². The zero-order valence-electron chi connectivity index (χ0n) is 14.8. The molecule has 3 heterocycles. The third-order valence-electron chi connectivity index (χ3n) is 4.97. The van der Waals surface area contributed by atoms with Crippen molar-refractivity contribution in [2.24, 2.45) is 0 Å². The largest absolute Gasteiger partial charge is 0.339 e. The fourth-order valence-corrected chi connectivity index (χ4v) is 3.49. The predicted molar refractivity (Wildman–Crippen MR) is 101 cm³/mol. The first-order valence-electron chi connectivity index (χ1n) is 9.01. The fraction of sp³-hybridized carbons (Fsp3) is 0.286. The van der Waals surface area contributed by atoms with E-state index in [0.717, 1.165) is 42.7 Å². The normalized spacial score (nSPS) is 14.6. The van der Waals surface area contributed by atoms with Gasteiger partial charge >= 0.3 is 0 Å². The molecule has 4 rings (SSSR count). The number of aromatic nitrogens is 2. The molecule has 3 aromatic rings. The third kappa shape index (κ3) is 3.01. The highest BCUT2D eigenvalue weighted by Gasteiger charge is 2.19. The number of amides is 1. The molecule has 1 fully saturated rings. The molecule has 0 bridgehead atoms. The van der Waals surface area contributed by atoms with Crippen LogP contribution in [0.4, 0.5) is 0 Å². The molecule has 0 atom stereocenters. The van der Waals surface area contributed by atoms with Gasteiger partial charge in [0.1, 0.15) is 5.65 Å². The van der Waals surface area contributed by atoms with Crippen molar-refractivity contribution in [2.45, 2.75) is 26.2 Å². The van der Waals surface area contributed by atoms with E-state index < -0.39 is 0 Å². The fourth-order valence-electron chi connectivity index (χ4n) is 3.49. The molecule has 0 radical (unpaired) electrons. The van der Waals surface area contributed by atoms with E-state index in [1.165, 1.54) is 6.42 Å². The number of piperidine rings is 1. The van der Waals surface area contributed by atoms with Crippen LogP contribution in [-0.4, -0.2) is 39.2 Å². The van der Waals surface area contributed by atoms with Gasteiger partial charge in [-0.2, -0.15) is 0 Å². The minimum Gasteiger partial charge on any atom is -0.339 e. The smallest absolute Gasteiger partial charge is 0.255 e. The first-order valence-corrected chi connectivity index (χ1v) is 9.01. The zero-order valence-corrected chi connectivity index (χ0v) is 14.8. The highest BCUT2D eigenvalue weighted by Crippen LogP contribution is 2.21. The first-order chi connectivity index (χ1) is 12.6. The monoisotopic (exact) mass is 347 g/mol. The number of likely N-dealkylation sites (tertiary alicyclic amines) is 1. The average molecular weight is 347 g/mol. The number of hydrogen-bond donors (Lipinski definition) is 0. The highest BCUT2D eigenvalue weighted by molar-refractivity contribution is 5.97. The number of carbonyl (C=O) groups excluding carboxylic acids is 2. The Balaban J connectivity index is 1.65. The van der Waals surface area contributed by atoms with Crippen LogP contribution in [0, 0.1) is 0 Å². The lowest BCUT2D eigenvalue weighted by Gasteiger charge is -2.26. The topological polar surface area (TPSA) is 55.2 Å². The predicted octanol–water partition coefficient (Wildman–Crippen LogP) is 3.85. The standard InChI is InChI=1S/C21H21N3O2/c1-15(25)16-5-7-19(8-6-16)24-12-9-17-13-18(14-22-20(17)24)21(26)23-10-3-2-4-11-23/h5-9,12-14H,2-4,10-11H2,1H3. The quantitative estimate of drug-likeness (QED) is 0.676. The van der Waals surface area contributed by atoms with E-state index in [2.05, 4.69) is 4.98 Å². The van der Waals surface area contributed by atoms with Gasteiger partial charge in [-0.15, -0.1) is 0 Å². The Bertz CT molecular complexity index is 967. The molecule has 0 aliphatic carbocycles. The Labute approximate surface area is 152 Å². The number of Topliss-reactive ketones (excluding diaryl/α,β-unsaturated/α-hetero) is 1. The molecule has 2 aromatic heterocycles. The number of ketones is 1. The third-order valence-corrected chi connectivity index (χ3v) is 4.97. The molecule has 1 aromatic carbocycles. The van der Waals surface area contributed by atoms with Crippen LogP contribution in [0.1, 0.15) is 46.9 Å². The second kappa shape index (κ2) is 6.75. The molecule has 0 spiro atoms. The number of hydrogen-bond acceptors (Lipinski definition) is 3. The van der Waals surface area contributed by atoms with Gasteiger partial charge in [-0.25, -0.2) is 4.98 Å². The molecular formula is C21H21N3O2. The maximum Gasteiger partial charge on any atom is 0.255 e. The van der Waals surface area contributed by atoms with Crippen LogP contribution in [-0.2, 0) is 0 Å². The van der Waals surface area contributed by atoms with Gasteiger partial charge in [0, 0.05) is 42.1 Å². The summed E-state index contributed by atoms with van der Waals surface area (Å²) in [4.78, 5) is 30.6. The van der Waals surface area contributed by atoms with E-state index in [9.17, 15) is 9.59 Å². The number of nitrogens with zero attached hydrogens (tertiary/aromatic N) is 3. The second-order valence-electron chi connectivity index (χ2n) is 6.78. The molecule has 0 N–H and O–H groups in total. The summed E-state index contributed by atoms with van der Waals surface area (Å²) in [6.45, 7) is 3.23. The number of rotatable bonds is 3. The minimum atomic E-state index is 0.0490. The average Bonchev–Trinajstić information content (AvgIpc) is 3.11. The molecule has 26 heavy (non-hydrogen) atoms. The van der Waals surface area contributed by atoms with Crippen molar-refractivity contribution in [1.82, 2.24) is 14.5 Å². The number of benzene rings is 1. The summed E-state index contributed by atoms with van der Waals surface area (Å²) in [7, 11) is 0. The van der Waals surface area contributed by atoms with Crippen molar-refractivity contribution in [3.63, 3.8) is 0 Å². The summed E-state index contributed by atoms with van der Waals surface area (Å²) in [5, 5.41) is 0.934. The van der Waals surface area contributed by atoms with Crippen molar-refractivity contribution in [2.75, 3.05) is 13.1 Å². The highest BCUT2D eigenvalue weighted by atomic mass is 16.2. The summed E-state index contributed by atoms with van der Waals surface area (Å²) in [6, 6.07) is 11.3. The molecule has 5 nitrogen and oxygen atoms in total. The van der Waals surface area contributed by atoms with Gasteiger partial charge in [-0.3, -0.25) is 9.59 Å². The zero-order chi connectivity index (χ0) is 18.1. The van der Waals surface area contributed by atoms with Crippen molar-refractivity contribution in [3.8, 4) is 5.69 Å². The van der Waals surface area contributed by atoms with Gasteiger partial charge in [0.15, 0.2) is 5.78 Å². The summed E-state index contributed by atoms with van der Waals surface area (Å²) >= 11 is 0. The van der Waals surface area contributed by atoms with E-state index in [1.54, 1.807) is 13.1 Å². The van der Waals surface area contributed by atoms with Crippen LogP contribution in [0.3, 0.4) is 0 Å². The first kappa shape index (κ1) is 16.5. The van der Waals surface area contributed by atoms with Crippen molar-refractivity contribution in [1.29, 1.82) is 0 Å². The summed E-state index contributed by atoms with van der Waals surface area (Å²) in [5.41, 5.74) is 3.07. The molecular weight excluding hydrogens is 326 g/mol. The van der Waals surface area contributed by atoms with E-state index in [4.69, 9.17) is 0 Å². The molecule has 0 unspecified atom stereocenters. The molecule has 1 aliphatic heterocycles. The molecule has 132 valence electrons. The van der Waals surface area contributed by atoms with E-state index in [-0.39, 0.29) is 11.7 Å². The number of fused-ring (bicyclic) bond motifs is 1. The van der Waals surface area contributed by atoms with Crippen LogP contribution in [0.2, 0.25) is 0 Å². The Hall–Kier alpha value is -2.95. The van der Waals surface area contributed by atoms with Gasteiger partial charge in [-0.05, 0) is 62.6 Å². The van der Waals surface area contributed by atoms with Crippen molar-refractivity contribution < 1.29 is 9.59 Å². The van der Waals surface area contributed by atoms with E-state index in [1.807, 2.05) is 52.1 Å². The lowest BCUT2D eigenvalue weighted by atomic mass is 10.1. The summed E-state index contributed by atoms with van der Waals surface area (Å²) in [5.74, 6) is 0.116. The van der Waals surface area contributed by atoms with Crippen LogP contribution in [0.5, 0.6) is 0 Å². The lowest BCUT2D eigenvalue weighted by Crippen LogP contribution is -2.35. The van der Waals surface area contributed by atoms with Crippen molar-refractivity contribution >= 4 is 22.7 Å². The van der Waals surface area contributed by atoms with Crippen LogP contribution < -0.4 is 0 Å². The Morgan fingerprint density at radius 3 is 2.38 bits per heavy atom. The van der Waals surface area contributed by atoms with Gasteiger partial charge in [-0.1, -0.05) is 0 Å². The Morgan fingerprint density at radius 1 is 0.962 bits per heavy atom. The van der Waals surface area contributed by atoms with Gasteiger partial charge in [0.05, 0.1) is 5.56 Å². The van der Waals surface area contributed by atoms with Crippen LogP contribution in [0.15, 0.2) is 48.8 Å². The minimum absolute atomic E-state index is 0.0490. The maximum atomic E-state index is 12.7. The molecule has 5 heteroatoms. The molecule has 1 aliphatic rings. The summed E-state index contributed by atoms with van der Waals surface area (Å²) in [6.07, 6.45) is 6.96. The summed E-state index contributed by atoms with van der Waals surface area (Å²) < 4.78 is 1.97. The molecule has 1 amide bonds. The number of pyridine rings is 1. The van der Waals surface area contributed by atoms with Gasteiger partial charge in [0.2, 0.25) is 0 Å². The maximum absolute atomic E-state index is 12.7. The van der Waals surface area contributed by atoms with E-state index in [0.29, 0.717) is 11.1 Å². The Kier molecular flexibility index (Phi) is 4.29. The van der Waals surface area contributed by atoms with Crippen LogP contribution >= 0.6 is 0 Å². The lowest BCUT2D eigenvalue weighted by molar-refractivity contribution is 0.0724. The van der Waals surface area contributed by atoms with E-state index >= 15 is 0 Å².